The monoisotopic (exact) mass is 214 g/mol. The van der Waals surface area contributed by atoms with Crippen molar-refractivity contribution in [2.24, 2.45) is 5.92 Å². The van der Waals surface area contributed by atoms with Gasteiger partial charge in [-0.05, 0) is 25.2 Å². The molecule has 1 aliphatic rings. The van der Waals surface area contributed by atoms with E-state index < -0.39 is 0 Å². The van der Waals surface area contributed by atoms with Crippen LogP contribution in [-0.2, 0) is 4.79 Å². The van der Waals surface area contributed by atoms with Gasteiger partial charge in [0.1, 0.15) is 0 Å². The summed E-state index contributed by atoms with van der Waals surface area (Å²) in [6.45, 7) is 5.16. The van der Waals surface area contributed by atoms with Crippen LogP contribution in [0.25, 0.3) is 0 Å². The molecule has 0 aromatic carbocycles. The van der Waals surface area contributed by atoms with Gasteiger partial charge in [-0.2, -0.15) is 0 Å². The first-order valence-corrected chi connectivity index (χ1v) is 5.77. The molecule has 0 aromatic rings. The molecule has 0 heterocycles. The Morgan fingerprint density at radius 1 is 1.47 bits per heavy atom. The second-order valence-corrected chi connectivity index (χ2v) is 4.68. The Balaban J connectivity index is 2.11. The van der Waals surface area contributed by atoms with Crippen molar-refractivity contribution in [3.8, 4) is 0 Å². The van der Waals surface area contributed by atoms with E-state index in [1.54, 1.807) is 0 Å². The molecule has 1 aliphatic carbocycles. The van der Waals surface area contributed by atoms with Gasteiger partial charge in [0, 0.05) is 12.6 Å². The van der Waals surface area contributed by atoms with Crippen LogP contribution in [0.15, 0.2) is 0 Å². The number of amides is 1. The van der Waals surface area contributed by atoms with E-state index in [2.05, 4.69) is 24.5 Å². The Kier molecular flexibility index (Phi) is 5.05. The lowest BCUT2D eigenvalue weighted by molar-refractivity contribution is -0.120. The molecular formula is C11H22N2O2. The summed E-state index contributed by atoms with van der Waals surface area (Å²) in [5, 5.41) is 15.5. The summed E-state index contributed by atoms with van der Waals surface area (Å²) < 4.78 is 0. The highest BCUT2D eigenvalue weighted by molar-refractivity contribution is 5.78. The summed E-state index contributed by atoms with van der Waals surface area (Å²) >= 11 is 0. The van der Waals surface area contributed by atoms with Crippen molar-refractivity contribution in [3.63, 3.8) is 0 Å². The lowest BCUT2D eigenvalue weighted by Gasteiger charge is -2.16. The Morgan fingerprint density at radius 3 is 2.73 bits per heavy atom. The quantitative estimate of drug-likeness (QED) is 0.615. The van der Waals surface area contributed by atoms with Crippen LogP contribution in [-0.4, -0.2) is 36.2 Å². The molecule has 0 bridgehead atoms. The highest BCUT2D eigenvalue weighted by Crippen LogP contribution is 2.18. The van der Waals surface area contributed by atoms with Crippen molar-refractivity contribution in [2.45, 2.75) is 45.3 Å². The first-order valence-electron chi connectivity index (χ1n) is 5.77. The third-order valence-corrected chi connectivity index (χ3v) is 2.71. The van der Waals surface area contributed by atoms with Crippen LogP contribution < -0.4 is 10.6 Å². The molecule has 0 saturated heterocycles. The second-order valence-electron chi connectivity index (χ2n) is 4.68. The summed E-state index contributed by atoms with van der Waals surface area (Å²) in [5.74, 6) is 0.494. The van der Waals surface area contributed by atoms with Gasteiger partial charge >= 0.3 is 0 Å². The predicted molar refractivity (Wildman–Crippen MR) is 59.5 cm³/mol. The zero-order valence-electron chi connectivity index (χ0n) is 9.62. The van der Waals surface area contributed by atoms with Gasteiger partial charge in [0.15, 0.2) is 0 Å². The van der Waals surface area contributed by atoms with Crippen molar-refractivity contribution in [1.82, 2.24) is 10.6 Å². The number of aliphatic hydroxyl groups excluding tert-OH is 1. The second kappa shape index (κ2) is 6.08. The number of rotatable bonds is 5. The third kappa shape index (κ3) is 4.62. The summed E-state index contributed by atoms with van der Waals surface area (Å²) in [6, 6.07) is 0.106. The van der Waals surface area contributed by atoms with Crippen LogP contribution in [0.4, 0.5) is 0 Å². The SMILES string of the molecule is CC(C)CNC(=O)CN[C@H]1CCC[C@@H]1O. The summed E-state index contributed by atoms with van der Waals surface area (Å²) in [4.78, 5) is 11.4. The molecule has 1 amide bonds. The van der Waals surface area contributed by atoms with E-state index in [4.69, 9.17) is 0 Å². The average Bonchev–Trinajstić information content (AvgIpc) is 2.58. The maximum absolute atomic E-state index is 11.4. The van der Waals surface area contributed by atoms with E-state index in [-0.39, 0.29) is 18.1 Å². The lowest BCUT2D eigenvalue weighted by Crippen LogP contribution is -2.43. The first-order chi connectivity index (χ1) is 7.09. The van der Waals surface area contributed by atoms with Gasteiger partial charge in [0.2, 0.25) is 5.91 Å². The fourth-order valence-electron chi connectivity index (χ4n) is 1.78. The number of nitrogens with one attached hydrogen (secondary N) is 2. The molecule has 1 fully saturated rings. The molecule has 0 unspecified atom stereocenters. The largest absolute Gasteiger partial charge is 0.392 e. The number of carbonyl (C=O) groups is 1. The molecule has 1 rings (SSSR count). The van der Waals surface area contributed by atoms with Crippen LogP contribution >= 0.6 is 0 Å². The van der Waals surface area contributed by atoms with Crippen molar-refractivity contribution in [1.29, 1.82) is 0 Å². The summed E-state index contributed by atoms with van der Waals surface area (Å²) in [6.07, 6.45) is 2.60. The number of hydrogen-bond donors (Lipinski definition) is 3. The highest BCUT2D eigenvalue weighted by Gasteiger charge is 2.24. The van der Waals surface area contributed by atoms with E-state index >= 15 is 0 Å². The van der Waals surface area contributed by atoms with Gasteiger partial charge in [-0.25, -0.2) is 0 Å². The van der Waals surface area contributed by atoms with E-state index in [0.717, 1.165) is 19.3 Å². The van der Waals surface area contributed by atoms with Crippen LogP contribution in [0, 0.1) is 5.92 Å². The van der Waals surface area contributed by atoms with Crippen LogP contribution in [0.1, 0.15) is 33.1 Å². The topological polar surface area (TPSA) is 61.4 Å². The Bertz CT molecular complexity index is 207. The van der Waals surface area contributed by atoms with E-state index in [1.807, 2.05) is 0 Å². The molecule has 1 saturated carbocycles. The standard InChI is InChI=1S/C11H22N2O2/c1-8(2)6-13-11(15)7-12-9-4-3-5-10(9)14/h8-10,12,14H,3-7H2,1-2H3,(H,13,15)/t9-,10-/m0/s1. The molecule has 2 atom stereocenters. The summed E-state index contributed by atoms with van der Waals surface area (Å²) in [7, 11) is 0. The maximum Gasteiger partial charge on any atom is 0.233 e. The Hall–Kier alpha value is -0.610. The van der Waals surface area contributed by atoms with Crippen LogP contribution in [0.5, 0.6) is 0 Å². The average molecular weight is 214 g/mol. The number of hydrogen-bond acceptors (Lipinski definition) is 3. The van der Waals surface area contributed by atoms with Crippen molar-refractivity contribution in [2.75, 3.05) is 13.1 Å². The molecule has 0 aromatic heterocycles. The fraction of sp³-hybridized carbons (Fsp3) is 0.909. The molecule has 15 heavy (non-hydrogen) atoms. The minimum atomic E-state index is -0.275. The number of aliphatic hydroxyl groups is 1. The van der Waals surface area contributed by atoms with Gasteiger partial charge in [-0.3, -0.25) is 4.79 Å². The number of carbonyl (C=O) groups excluding carboxylic acids is 1. The van der Waals surface area contributed by atoms with Gasteiger partial charge < -0.3 is 15.7 Å². The zero-order chi connectivity index (χ0) is 11.3. The van der Waals surface area contributed by atoms with Crippen LogP contribution in [0.3, 0.4) is 0 Å². The van der Waals surface area contributed by atoms with Gasteiger partial charge in [0.25, 0.3) is 0 Å². The highest BCUT2D eigenvalue weighted by atomic mass is 16.3. The normalized spacial score (nSPS) is 25.9. The molecule has 3 N–H and O–H groups in total. The maximum atomic E-state index is 11.4. The van der Waals surface area contributed by atoms with Crippen LogP contribution in [0.2, 0.25) is 0 Å². The molecule has 0 aliphatic heterocycles. The smallest absolute Gasteiger partial charge is 0.233 e. The molecule has 0 radical (unpaired) electrons. The van der Waals surface area contributed by atoms with Gasteiger partial charge in [-0.1, -0.05) is 13.8 Å². The zero-order valence-corrected chi connectivity index (χ0v) is 9.62. The minimum Gasteiger partial charge on any atom is -0.392 e. The first kappa shape index (κ1) is 12.5. The Morgan fingerprint density at radius 2 is 2.20 bits per heavy atom. The van der Waals surface area contributed by atoms with Crippen molar-refractivity contribution < 1.29 is 9.90 Å². The van der Waals surface area contributed by atoms with Crippen molar-refractivity contribution >= 4 is 5.91 Å². The third-order valence-electron chi connectivity index (χ3n) is 2.71. The van der Waals surface area contributed by atoms with Gasteiger partial charge in [0.05, 0.1) is 12.6 Å². The molecule has 88 valence electrons. The molecule has 0 spiro atoms. The minimum absolute atomic E-state index is 0.0165. The predicted octanol–water partition coefficient (Wildman–Crippen LogP) is 0.262. The van der Waals surface area contributed by atoms with E-state index in [0.29, 0.717) is 19.0 Å². The molecule has 4 heteroatoms. The van der Waals surface area contributed by atoms with Crippen molar-refractivity contribution in [3.05, 3.63) is 0 Å². The lowest BCUT2D eigenvalue weighted by atomic mass is 10.2. The van der Waals surface area contributed by atoms with E-state index in [1.165, 1.54) is 0 Å². The fourth-order valence-corrected chi connectivity index (χ4v) is 1.78. The molecular weight excluding hydrogens is 192 g/mol. The Labute approximate surface area is 91.4 Å². The van der Waals surface area contributed by atoms with Gasteiger partial charge in [-0.15, -0.1) is 0 Å². The van der Waals surface area contributed by atoms with E-state index in [9.17, 15) is 9.90 Å². The summed E-state index contributed by atoms with van der Waals surface area (Å²) in [5.41, 5.74) is 0. The molecule has 4 nitrogen and oxygen atoms in total.